The Kier molecular flexibility index (Phi) is 2.79. The van der Waals surface area contributed by atoms with Crippen molar-refractivity contribution in [3.05, 3.63) is 35.4 Å². The van der Waals surface area contributed by atoms with E-state index in [0.29, 0.717) is 6.54 Å². The van der Waals surface area contributed by atoms with Gasteiger partial charge < -0.3 is 5.73 Å². The van der Waals surface area contributed by atoms with E-state index < -0.39 is 6.17 Å². The van der Waals surface area contributed by atoms with Crippen LogP contribution in [0.15, 0.2) is 24.3 Å². The van der Waals surface area contributed by atoms with Crippen molar-refractivity contribution in [3.8, 4) is 0 Å². The van der Waals surface area contributed by atoms with E-state index in [9.17, 15) is 4.39 Å². The minimum atomic E-state index is -0.889. The predicted molar refractivity (Wildman–Crippen MR) is 60.5 cm³/mol. The lowest BCUT2D eigenvalue weighted by atomic mass is 9.64. The molecule has 1 fully saturated rings. The zero-order valence-electron chi connectivity index (χ0n) is 9.17. The van der Waals surface area contributed by atoms with Gasteiger partial charge in [0.1, 0.15) is 6.17 Å². The zero-order valence-corrected chi connectivity index (χ0v) is 9.17. The molecule has 2 rings (SSSR count). The van der Waals surface area contributed by atoms with Crippen molar-refractivity contribution in [2.24, 2.45) is 5.73 Å². The molecule has 1 aromatic carbocycles. The standard InChI is InChI=1S/C13H18FN/c1-10(14)11-4-2-5-12(8-11)13(9-15)6-3-7-13/h2,4-5,8,10H,3,6-7,9,15H2,1H3. The largest absolute Gasteiger partial charge is 0.330 e. The molecule has 15 heavy (non-hydrogen) atoms. The molecule has 1 nitrogen and oxygen atoms in total. The quantitative estimate of drug-likeness (QED) is 0.809. The molecule has 0 aromatic heterocycles. The number of halogens is 1. The van der Waals surface area contributed by atoms with Crippen LogP contribution < -0.4 is 5.73 Å². The van der Waals surface area contributed by atoms with E-state index in [1.54, 1.807) is 6.92 Å². The minimum Gasteiger partial charge on any atom is -0.330 e. The van der Waals surface area contributed by atoms with Crippen LogP contribution in [-0.4, -0.2) is 6.54 Å². The van der Waals surface area contributed by atoms with Crippen LogP contribution in [-0.2, 0) is 5.41 Å². The summed E-state index contributed by atoms with van der Waals surface area (Å²) in [5.74, 6) is 0. The van der Waals surface area contributed by atoms with E-state index in [0.717, 1.165) is 18.4 Å². The van der Waals surface area contributed by atoms with E-state index in [4.69, 9.17) is 5.73 Å². The Morgan fingerprint density at radius 2 is 2.20 bits per heavy atom. The number of rotatable bonds is 3. The molecule has 1 unspecified atom stereocenters. The van der Waals surface area contributed by atoms with E-state index in [1.165, 1.54) is 12.0 Å². The highest BCUT2D eigenvalue weighted by atomic mass is 19.1. The average Bonchev–Trinajstić information content (AvgIpc) is 2.17. The monoisotopic (exact) mass is 207 g/mol. The average molecular weight is 207 g/mol. The Bertz CT molecular complexity index is 337. The van der Waals surface area contributed by atoms with Crippen LogP contribution in [0.3, 0.4) is 0 Å². The second-order valence-electron chi connectivity index (χ2n) is 4.58. The second-order valence-corrected chi connectivity index (χ2v) is 4.58. The Morgan fingerprint density at radius 3 is 2.67 bits per heavy atom. The summed E-state index contributed by atoms with van der Waals surface area (Å²) in [6.45, 7) is 2.26. The van der Waals surface area contributed by atoms with Crippen molar-refractivity contribution < 1.29 is 4.39 Å². The first kappa shape index (κ1) is 10.6. The van der Waals surface area contributed by atoms with Crippen LogP contribution >= 0.6 is 0 Å². The van der Waals surface area contributed by atoms with Gasteiger partial charge in [0, 0.05) is 12.0 Å². The molecular weight excluding hydrogens is 189 g/mol. The molecule has 0 amide bonds. The van der Waals surface area contributed by atoms with Crippen LogP contribution in [0.1, 0.15) is 43.5 Å². The lowest BCUT2D eigenvalue weighted by Crippen LogP contribution is -2.41. The van der Waals surface area contributed by atoms with Crippen molar-refractivity contribution in [2.75, 3.05) is 6.54 Å². The number of hydrogen-bond donors (Lipinski definition) is 1. The second kappa shape index (κ2) is 3.93. The summed E-state index contributed by atoms with van der Waals surface area (Å²) in [7, 11) is 0. The summed E-state index contributed by atoms with van der Waals surface area (Å²) in [5.41, 5.74) is 7.97. The molecular formula is C13H18FN. The molecule has 0 aliphatic heterocycles. The van der Waals surface area contributed by atoms with Gasteiger partial charge in [0.25, 0.3) is 0 Å². The van der Waals surface area contributed by atoms with Crippen LogP contribution in [0.2, 0.25) is 0 Å². The van der Waals surface area contributed by atoms with Gasteiger partial charge >= 0.3 is 0 Å². The van der Waals surface area contributed by atoms with Gasteiger partial charge in [-0.05, 0) is 30.9 Å². The maximum absolute atomic E-state index is 13.2. The molecule has 0 saturated heterocycles. The van der Waals surface area contributed by atoms with Crippen molar-refractivity contribution >= 4 is 0 Å². The lowest BCUT2D eigenvalue weighted by molar-refractivity contribution is 0.252. The predicted octanol–water partition coefficient (Wildman–Crippen LogP) is 3.10. The zero-order chi connectivity index (χ0) is 10.9. The third-order valence-corrected chi connectivity index (χ3v) is 3.66. The van der Waals surface area contributed by atoms with E-state index >= 15 is 0 Å². The minimum absolute atomic E-state index is 0.144. The Hall–Kier alpha value is -0.890. The maximum Gasteiger partial charge on any atom is 0.122 e. The van der Waals surface area contributed by atoms with Crippen molar-refractivity contribution in [3.63, 3.8) is 0 Å². The molecule has 2 N–H and O–H groups in total. The van der Waals surface area contributed by atoms with Gasteiger partial charge in [0.2, 0.25) is 0 Å². The van der Waals surface area contributed by atoms with Gasteiger partial charge in [-0.15, -0.1) is 0 Å². The van der Waals surface area contributed by atoms with Gasteiger partial charge in [-0.25, -0.2) is 4.39 Å². The normalized spacial score (nSPS) is 20.7. The first-order valence-electron chi connectivity index (χ1n) is 5.62. The fourth-order valence-corrected chi connectivity index (χ4v) is 2.33. The number of benzene rings is 1. The molecule has 1 atom stereocenters. The van der Waals surface area contributed by atoms with Gasteiger partial charge in [-0.3, -0.25) is 0 Å². The fraction of sp³-hybridized carbons (Fsp3) is 0.538. The van der Waals surface area contributed by atoms with Crippen LogP contribution in [0.4, 0.5) is 4.39 Å². The molecule has 1 aliphatic rings. The van der Waals surface area contributed by atoms with Crippen LogP contribution in [0.25, 0.3) is 0 Å². The lowest BCUT2D eigenvalue weighted by Gasteiger charge is -2.41. The summed E-state index contributed by atoms with van der Waals surface area (Å²) in [5, 5.41) is 0. The Balaban J connectivity index is 2.31. The van der Waals surface area contributed by atoms with Gasteiger partial charge in [-0.2, -0.15) is 0 Å². The van der Waals surface area contributed by atoms with Crippen LogP contribution in [0, 0.1) is 0 Å². The van der Waals surface area contributed by atoms with E-state index in [-0.39, 0.29) is 5.41 Å². The fourth-order valence-electron chi connectivity index (χ4n) is 2.33. The van der Waals surface area contributed by atoms with Crippen molar-refractivity contribution in [1.29, 1.82) is 0 Å². The first-order chi connectivity index (χ1) is 7.18. The van der Waals surface area contributed by atoms with Gasteiger partial charge in [-0.1, -0.05) is 30.7 Å². The van der Waals surface area contributed by atoms with Crippen molar-refractivity contribution in [1.82, 2.24) is 0 Å². The summed E-state index contributed by atoms with van der Waals surface area (Å²) >= 11 is 0. The Morgan fingerprint density at radius 1 is 1.47 bits per heavy atom. The highest BCUT2D eigenvalue weighted by Gasteiger charge is 2.37. The molecule has 0 spiro atoms. The maximum atomic E-state index is 13.2. The van der Waals surface area contributed by atoms with E-state index in [2.05, 4.69) is 6.07 Å². The van der Waals surface area contributed by atoms with Crippen molar-refractivity contribution in [2.45, 2.75) is 37.8 Å². The van der Waals surface area contributed by atoms with Gasteiger partial charge in [0.05, 0.1) is 0 Å². The molecule has 2 heteroatoms. The molecule has 1 aliphatic carbocycles. The smallest absolute Gasteiger partial charge is 0.122 e. The number of hydrogen-bond acceptors (Lipinski definition) is 1. The third kappa shape index (κ3) is 1.78. The van der Waals surface area contributed by atoms with E-state index in [1.807, 2.05) is 18.2 Å². The number of nitrogens with two attached hydrogens (primary N) is 1. The van der Waals surface area contributed by atoms with Crippen LogP contribution in [0.5, 0.6) is 0 Å². The molecule has 1 aromatic rings. The molecule has 0 heterocycles. The molecule has 1 saturated carbocycles. The summed E-state index contributed by atoms with van der Waals surface area (Å²) in [6, 6.07) is 7.85. The SMILES string of the molecule is CC(F)c1cccc(C2(CN)CCC2)c1. The first-order valence-corrected chi connectivity index (χ1v) is 5.62. The molecule has 0 bridgehead atoms. The Labute approximate surface area is 90.5 Å². The van der Waals surface area contributed by atoms with Gasteiger partial charge in [0.15, 0.2) is 0 Å². The summed E-state index contributed by atoms with van der Waals surface area (Å²) in [4.78, 5) is 0. The topological polar surface area (TPSA) is 26.0 Å². The molecule has 82 valence electrons. The summed E-state index contributed by atoms with van der Waals surface area (Å²) < 4.78 is 13.2. The number of alkyl halides is 1. The molecule has 0 radical (unpaired) electrons. The third-order valence-electron chi connectivity index (χ3n) is 3.66. The highest BCUT2D eigenvalue weighted by Crippen LogP contribution is 2.43. The summed E-state index contributed by atoms with van der Waals surface area (Å²) in [6.07, 6.45) is 2.65. The highest BCUT2D eigenvalue weighted by molar-refractivity contribution is 5.33.